The molecule has 0 heterocycles. The normalized spacial score (nSPS) is 39.9. The Balaban J connectivity index is 2.56. The van der Waals surface area contributed by atoms with Gasteiger partial charge >= 0.3 is 0 Å². The zero-order chi connectivity index (χ0) is 6.91. The second-order valence-electron chi connectivity index (χ2n) is 2.46. The molecule has 3 nitrogen and oxygen atoms in total. The number of aliphatic hydroxyl groups excluding tert-OH is 1. The minimum Gasteiger partial charge on any atom is -0.395 e. The molecule has 9 heavy (non-hydrogen) atoms. The number of hydrogen-bond acceptors (Lipinski definition) is 3. The minimum absolute atomic E-state index is 0.195. The molecule has 0 aliphatic heterocycles. The van der Waals surface area contributed by atoms with E-state index in [0.717, 1.165) is 6.29 Å². The molecule has 3 heteroatoms. The zero-order valence-corrected chi connectivity index (χ0v) is 4.91. The van der Waals surface area contributed by atoms with Crippen LogP contribution < -0.4 is 0 Å². The lowest BCUT2D eigenvalue weighted by atomic mass is 10.1. The fraction of sp³-hybridized carbons (Fsp3) is 0.667. The lowest BCUT2D eigenvalue weighted by molar-refractivity contribution is -0.117. The van der Waals surface area contributed by atoms with Crippen LogP contribution in [-0.2, 0) is 9.59 Å². The monoisotopic (exact) mass is 128 g/mol. The van der Waals surface area contributed by atoms with Gasteiger partial charge in [0.2, 0.25) is 0 Å². The van der Waals surface area contributed by atoms with Crippen LogP contribution in [0.1, 0.15) is 6.42 Å². The first-order valence-electron chi connectivity index (χ1n) is 2.81. The van der Waals surface area contributed by atoms with E-state index in [-0.39, 0.29) is 12.5 Å². The van der Waals surface area contributed by atoms with E-state index < -0.39 is 5.41 Å². The second kappa shape index (κ2) is 1.92. The molecule has 1 N–H and O–H groups in total. The predicted molar refractivity (Wildman–Crippen MR) is 29.8 cm³/mol. The van der Waals surface area contributed by atoms with E-state index in [1.54, 1.807) is 0 Å². The average Bonchev–Trinajstić information content (AvgIpc) is 2.63. The van der Waals surface area contributed by atoms with Gasteiger partial charge in [-0.25, -0.2) is 0 Å². The molecule has 1 rings (SSSR count). The van der Waals surface area contributed by atoms with Gasteiger partial charge in [-0.05, 0) is 6.42 Å². The molecule has 2 unspecified atom stereocenters. The fourth-order valence-electron chi connectivity index (χ4n) is 0.889. The summed E-state index contributed by atoms with van der Waals surface area (Å²) in [5.41, 5.74) is -0.693. The third-order valence-corrected chi connectivity index (χ3v) is 1.87. The van der Waals surface area contributed by atoms with E-state index >= 15 is 0 Å². The van der Waals surface area contributed by atoms with Gasteiger partial charge in [0.25, 0.3) is 0 Å². The highest BCUT2D eigenvalue weighted by Gasteiger charge is 2.53. The van der Waals surface area contributed by atoms with E-state index in [1.807, 2.05) is 0 Å². The molecule has 0 bridgehead atoms. The van der Waals surface area contributed by atoms with E-state index in [2.05, 4.69) is 0 Å². The summed E-state index contributed by atoms with van der Waals surface area (Å²) in [7, 11) is 0. The number of rotatable bonds is 3. The van der Waals surface area contributed by atoms with Crippen molar-refractivity contribution < 1.29 is 14.7 Å². The summed E-state index contributed by atoms with van der Waals surface area (Å²) in [6, 6.07) is 0. The Morgan fingerprint density at radius 1 is 1.67 bits per heavy atom. The summed E-state index contributed by atoms with van der Waals surface area (Å²) in [4.78, 5) is 20.2. The molecular weight excluding hydrogens is 120 g/mol. The van der Waals surface area contributed by atoms with Crippen LogP contribution in [-0.4, -0.2) is 24.3 Å². The first-order chi connectivity index (χ1) is 4.29. The molecule has 1 aliphatic carbocycles. The molecule has 0 aromatic carbocycles. The summed E-state index contributed by atoms with van der Waals surface area (Å²) in [5.74, 6) is -0.222. The second-order valence-corrected chi connectivity index (χ2v) is 2.46. The van der Waals surface area contributed by atoms with Gasteiger partial charge in [0.1, 0.15) is 12.6 Å². The van der Waals surface area contributed by atoms with Gasteiger partial charge in [-0.1, -0.05) is 0 Å². The van der Waals surface area contributed by atoms with Gasteiger partial charge in [0.05, 0.1) is 12.0 Å². The highest BCUT2D eigenvalue weighted by Crippen LogP contribution is 2.48. The van der Waals surface area contributed by atoms with Gasteiger partial charge in [-0.3, -0.25) is 0 Å². The Morgan fingerprint density at radius 3 is 2.44 bits per heavy atom. The summed E-state index contributed by atoms with van der Waals surface area (Å²) in [6.45, 7) is -0.195. The topological polar surface area (TPSA) is 54.4 Å². The van der Waals surface area contributed by atoms with Crippen molar-refractivity contribution in [3.05, 3.63) is 0 Å². The number of carbonyl (C=O) groups is 2. The molecule has 0 spiro atoms. The van der Waals surface area contributed by atoms with Gasteiger partial charge in [-0.2, -0.15) is 0 Å². The highest BCUT2D eigenvalue weighted by molar-refractivity contribution is 5.76. The quantitative estimate of drug-likeness (QED) is 0.515. The van der Waals surface area contributed by atoms with Crippen LogP contribution in [0.25, 0.3) is 0 Å². The molecule has 0 amide bonds. The van der Waals surface area contributed by atoms with Crippen molar-refractivity contribution in [2.45, 2.75) is 6.42 Å². The first-order valence-corrected chi connectivity index (χ1v) is 2.81. The van der Waals surface area contributed by atoms with E-state index in [9.17, 15) is 9.59 Å². The number of aliphatic hydroxyl groups is 1. The number of hydrogen-bond donors (Lipinski definition) is 1. The van der Waals surface area contributed by atoms with Crippen LogP contribution in [0.4, 0.5) is 0 Å². The predicted octanol–water partition coefficient (Wildman–Crippen LogP) is -0.617. The Hall–Kier alpha value is -0.700. The van der Waals surface area contributed by atoms with Crippen molar-refractivity contribution >= 4 is 12.6 Å². The van der Waals surface area contributed by atoms with Crippen molar-refractivity contribution in [3.63, 3.8) is 0 Å². The summed E-state index contributed by atoms with van der Waals surface area (Å²) >= 11 is 0. The van der Waals surface area contributed by atoms with Crippen LogP contribution in [0.5, 0.6) is 0 Å². The number of carbonyl (C=O) groups excluding carboxylic acids is 2. The maximum atomic E-state index is 10.2. The molecule has 1 aliphatic rings. The lowest BCUT2D eigenvalue weighted by Gasteiger charge is -1.97. The van der Waals surface area contributed by atoms with Crippen molar-refractivity contribution in [1.29, 1.82) is 0 Å². The van der Waals surface area contributed by atoms with E-state index in [1.165, 1.54) is 0 Å². The van der Waals surface area contributed by atoms with Crippen LogP contribution in [0, 0.1) is 11.3 Å². The average molecular weight is 128 g/mol. The molecule has 0 saturated heterocycles. The van der Waals surface area contributed by atoms with Crippen LogP contribution in [0.3, 0.4) is 0 Å². The minimum atomic E-state index is -0.693. The molecule has 0 aromatic heterocycles. The van der Waals surface area contributed by atoms with Crippen molar-refractivity contribution in [1.82, 2.24) is 0 Å². The SMILES string of the molecule is O=CC1CC1(C=O)CO. The maximum Gasteiger partial charge on any atom is 0.129 e. The Kier molecular flexibility index (Phi) is 1.37. The third kappa shape index (κ3) is 0.772. The van der Waals surface area contributed by atoms with Crippen LogP contribution in [0.15, 0.2) is 0 Å². The third-order valence-electron chi connectivity index (χ3n) is 1.87. The zero-order valence-electron chi connectivity index (χ0n) is 4.91. The maximum absolute atomic E-state index is 10.2. The van der Waals surface area contributed by atoms with Gasteiger partial charge in [0, 0.05) is 5.92 Å². The Bertz CT molecular complexity index is 143. The standard InChI is InChI=1S/C6H8O3/c7-2-5-1-6(5,3-8)4-9/h2-3,5,9H,1,4H2. The molecule has 1 fully saturated rings. The molecule has 50 valence electrons. The fourth-order valence-corrected chi connectivity index (χ4v) is 0.889. The van der Waals surface area contributed by atoms with Gasteiger partial charge < -0.3 is 14.7 Å². The largest absolute Gasteiger partial charge is 0.395 e. The highest BCUT2D eigenvalue weighted by atomic mass is 16.3. The Morgan fingerprint density at radius 2 is 2.33 bits per heavy atom. The first kappa shape index (κ1) is 6.42. The van der Waals surface area contributed by atoms with E-state index in [4.69, 9.17) is 5.11 Å². The smallest absolute Gasteiger partial charge is 0.129 e. The lowest BCUT2D eigenvalue weighted by Crippen LogP contribution is -2.11. The van der Waals surface area contributed by atoms with Gasteiger partial charge in [0.15, 0.2) is 0 Å². The van der Waals surface area contributed by atoms with E-state index in [0.29, 0.717) is 12.7 Å². The summed E-state index contributed by atoms with van der Waals surface area (Å²) in [5, 5.41) is 8.57. The number of aldehydes is 2. The molecule has 2 atom stereocenters. The van der Waals surface area contributed by atoms with Crippen molar-refractivity contribution in [2.24, 2.45) is 11.3 Å². The molecule has 0 radical (unpaired) electrons. The molecular formula is C6H8O3. The van der Waals surface area contributed by atoms with Gasteiger partial charge in [-0.15, -0.1) is 0 Å². The van der Waals surface area contributed by atoms with Crippen molar-refractivity contribution in [3.8, 4) is 0 Å². The van der Waals surface area contributed by atoms with Crippen LogP contribution >= 0.6 is 0 Å². The molecule has 1 saturated carbocycles. The summed E-state index contributed by atoms with van der Waals surface area (Å²) < 4.78 is 0. The molecule has 0 aromatic rings. The Labute approximate surface area is 52.7 Å². The van der Waals surface area contributed by atoms with Crippen LogP contribution in [0.2, 0.25) is 0 Å². The van der Waals surface area contributed by atoms with Crippen molar-refractivity contribution in [2.75, 3.05) is 6.61 Å². The summed E-state index contributed by atoms with van der Waals surface area (Å²) in [6.07, 6.45) is 1.92.